The number of hydrogen-bond donors (Lipinski definition) is 1. The van der Waals surface area contributed by atoms with Crippen molar-refractivity contribution in [2.75, 3.05) is 24.6 Å². The number of ether oxygens (including phenoxy) is 1. The van der Waals surface area contributed by atoms with Crippen molar-refractivity contribution in [3.63, 3.8) is 0 Å². The van der Waals surface area contributed by atoms with Crippen LogP contribution in [0.2, 0.25) is 0 Å². The minimum atomic E-state index is 0.145. The summed E-state index contributed by atoms with van der Waals surface area (Å²) in [6.45, 7) is 4.70. The Morgan fingerprint density at radius 3 is 2.89 bits per heavy atom. The second-order valence-electron chi connectivity index (χ2n) is 5.44. The fourth-order valence-corrected chi connectivity index (χ4v) is 3.47. The first-order valence-corrected chi connectivity index (χ1v) is 6.96. The molecule has 18 heavy (non-hydrogen) atoms. The first-order chi connectivity index (χ1) is 8.79. The van der Waals surface area contributed by atoms with Gasteiger partial charge in [0.05, 0.1) is 11.6 Å². The maximum absolute atomic E-state index is 6.07. The van der Waals surface area contributed by atoms with E-state index >= 15 is 0 Å². The summed E-state index contributed by atoms with van der Waals surface area (Å²) in [5.74, 6) is 0. The third-order valence-electron chi connectivity index (χ3n) is 4.46. The highest BCUT2D eigenvalue weighted by molar-refractivity contribution is 5.60. The molecule has 1 heterocycles. The summed E-state index contributed by atoms with van der Waals surface area (Å²) in [5.41, 5.74) is 9.06. The monoisotopic (exact) mass is 246 g/mol. The van der Waals surface area contributed by atoms with E-state index in [1.165, 1.54) is 11.3 Å². The molecule has 3 nitrogen and oxygen atoms in total. The molecule has 0 amide bonds. The van der Waals surface area contributed by atoms with E-state index in [1.807, 2.05) is 0 Å². The first kappa shape index (κ1) is 12.0. The maximum atomic E-state index is 6.07. The van der Waals surface area contributed by atoms with E-state index < -0.39 is 0 Å². The largest absolute Gasteiger partial charge is 0.378 e. The lowest BCUT2D eigenvalue weighted by atomic mass is 9.72. The van der Waals surface area contributed by atoms with Crippen LogP contribution < -0.4 is 10.6 Å². The van der Waals surface area contributed by atoms with Gasteiger partial charge in [-0.3, -0.25) is 0 Å². The van der Waals surface area contributed by atoms with E-state index in [0.29, 0.717) is 6.10 Å². The van der Waals surface area contributed by atoms with Crippen LogP contribution >= 0.6 is 0 Å². The Balaban J connectivity index is 1.79. The van der Waals surface area contributed by atoms with Gasteiger partial charge >= 0.3 is 0 Å². The predicted octanol–water partition coefficient (Wildman–Crippen LogP) is 1.95. The van der Waals surface area contributed by atoms with E-state index in [0.717, 1.165) is 39.0 Å². The third kappa shape index (κ3) is 1.73. The quantitative estimate of drug-likeness (QED) is 0.882. The van der Waals surface area contributed by atoms with Crippen LogP contribution in [0.4, 0.5) is 5.69 Å². The Labute approximate surface area is 109 Å². The number of anilines is 1. The van der Waals surface area contributed by atoms with Crippen molar-refractivity contribution in [2.24, 2.45) is 5.73 Å². The molecule has 0 bridgehead atoms. The van der Waals surface area contributed by atoms with Crippen LogP contribution in [0, 0.1) is 0 Å². The lowest BCUT2D eigenvalue weighted by Gasteiger charge is -2.53. The summed E-state index contributed by atoms with van der Waals surface area (Å²) < 4.78 is 5.70. The van der Waals surface area contributed by atoms with Crippen LogP contribution in [0.3, 0.4) is 0 Å². The molecule has 1 fully saturated rings. The summed E-state index contributed by atoms with van der Waals surface area (Å²) in [6, 6.07) is 8.72. The smallest absolute Gasteiger partial charge is 0.0620 e. The van der Waals surface area contributed by atoms with Crippen molar-refractivity contribution in [3.8, 4) is 0 Å². The number of nitrogens with zero attached hydrogens (tertiary/aromatic N) is 1. The highest BCUT2D eigenvalue weighted by Gasteiger charge is 2.49. The molecule has 2 N–H and O–H groups in total. The molecule has 98 valence electrons. The van der Waals surface area contributed by atoms with Crippen LogP contribution in [-0.2, 0) is 11.2 Å². The normalized spacial score (nSPS) is 30.1. The van der Waals surface area contributed by atoms with E-state index in [2.05, 4.69) is 36.1 Å². The van der Waals surface area contributed by atoms with Gasteiger partial charge in [-0.25, -0.2) is 0 Å². The Kier molecular flexibility index (Phi) is 3.04. The number of nitrogens with two attached hydrogens (primary N) is 1. The van der Waals surface area contributed by atoms with Crippen LogP contribution in [0.5, 0.6) is 0 Å². The van der Waals surface area contributed by atoms with Crippen LogP contribution in [0.1, 0.15) is 25.3 Å². The van der Waals surface area contributed by atoms with Gasteiger partial charge in [0.25, 0.3) is 0 Å². The number of para-hydroxylation sites is 1. The molecule has 2 aliphatic rings. The summed E-state index contributed by atoms with van der Waals surface area (Å²) in [6.07, 6.45) is 3.71. The molecule has 0 unspecified atom stereocenters. The Hall–Kier alpha value is -1.06. The molecular weight excluding hydrogens is 224 g/mol. The molecule has 0 saturated heterocycles. The van der Waals surface area contributed by atoms with Gasteiger partial charge in [0.15, 0.2) is 0 Å². The van der Waals surface area contributed by atoms with Gasteiger partial charge in [-0.2, -0.15) is 0 Å². The van der Waals surface area contributed by atoms with E-state index in [1.54, 1.807) is 0 Å². The van der Waals surface area contributed by atoms with Crippen molar-refractivity contribution < 1.29 is 4.74 Å². The minimum Gasteiger partial charge on any atom is -0.378 e. The molecule has 3 heteroatoms. The van der Waals surface area contributed by atoms with E-state index in [-0.39, 0.29) is 5.54 Å². The molecule has 0 aromatic heterocycles. The molecule has 0 spiro atoms. The number of rotatable bonds is 4. The SMILES string of the molecule is CCOC1CC(CN)(N2CCc3ccccc32)C1. The molecule has 1 aromatic carbocycles. The molecule has 3 rings (SSSR count). The Bertz CT molecular complexity index is 426. The molecular formula is C15H22N2O. The number of hydrogen-bond acceptors (Lipinski definition) is 3. The second kappa shape index (κ2) is 4.56. The molecule has 1 saturated carbocycles. The molecule has 1 aliphatic heterocycles. The zero-order valence-electron chi connectivity index (χ0n) is 11.1. The van der Waals surface area contributed by atoms with E-state index in [4.69, 9.17) is 10.5 Å². The van der Waals surface area contributed by atoms with Gasteiger partial charge in [0.2, 0.25) is 0 Å². The van der Waals surface area contributed by atoms with Crippen LogP contribution in [-0.4, -0.2) is 31.3 Å². The third-order valence-corrected chi connectivity index (χ3v) is 4.46. The summed E-state index contributed by atoms with van der Waals surface area (Å²) >= 11 is 0. The molecule has 1 aliphatic carbocycles. The van der Waals surface area contributed by atoms with Crippen molar-refractivity contribution in [1.82, 2.24) is 0 Å². The van der Waals surface area contributed by atoms with Crippen LogP contribution in [0.25, 0.3) is 0 Å². The highest BCUT2D eigenvalue weighted by Crippen LogP contribution is 2.44. The molecule has 1 aromatic rings. The lowest BCUT2D eigenvalue weighted by molar-refractivity contribution is -0.0364. The van der Waals surface area contributed by atoms with Gasteiger partial charge in [0.1, 0.15) is 0 Å². The van der Waals surface area contributed by atoms with Gasteiger partial charge in [0, 0.05) is 25.4 Å². The Morgan fingerprint density at radius 2 is 2.17 bits per heavy atom. The fourth-order valence-electron chi connectivity index (χ4n) is 3.47. The fraction of sp³-hybridized carbons (Fsp3) is 0.600. The van der Waals surface area contributed by atoms with Crippen molar-refractivity contribution >= 4 is 5.69 Å². The zero-order valence-corrected chi connectivity index (χ0v) is 11.1. The number of fused-ring (bicyclic) bond motifs is 1. The van der Waals surface area contributed by atoms with Gasteiger partial charge < -0.3 is 15.4 Å². The van der Waals surface area contributed by atoms with Gasteiger partial charge in [-0.05, 0) is 37.8 Å². The highest BCUT2D eigenvalue weighted by atomic mass is 16.5. The van der Waals surface area contributed by atoms with Crippen LogP contribution in [0.15, 0.2) is 24.3 Å². The van der Waals surface area contributed by atoms with Crippen molar-refractivity contribution in [2.45, 2.75) is 37.8 Å². The van der Waals surface area contributed by atoms with Gasteiger partial charge in [-0.15, -0.1) is 0 Å². The first-order valence-electron chi connectivity index (χ1n) is 6.96. The zero-order chi connectivity index (χ0) is 12.6. The topological polar surface area (TPSA) is 38.5 Å². The van der Waals surface area contributed by atoms with Gasteiger partial charge in [-0.1, -0.05) is 18.2 Å². The van der Waals surface area contributed by atoms with Crippen molar-refractivity contribution in [3.05, 3.63) is 29.8 Å². The summed E-state index contributed by atoms with van der Waals surface area (Å²) in [4.78, 5) is 2.53. The summed E-state index contributed by atoms with van der Waals surface area (Å²) in [5, 5.41) is 0. The van der Waals surface area contributed by atoms with Crippen molar-refractivity contribution in [1.29, 1.82) is 0 Å². The van der Waals surface area contributed by atoms with E-state index in [9.17, 15) is 0 Å². The Morgan fingerprint density at radius 1 is 1.39 bits per heavy atom. The standard InChI is InChI=1S/C15H22N2O/c1-2-18-13-9-15(10-13,11-16)17-8-7-12-5-3-4-6-14(12)17/h3-6,13H,2,7-11,16H2,1H3. The lowest BCUT2D eigenvalue weighted by Crippen LogP contribution is -2.64. The average Bonchev–Trinajstić information content (AvgIpc) is 2.78. The second-order valence-corrected chi connectivity index (χ2v) is 5.44. The molecule has 0 radical (unpaired) electrons. The average molecular weight is 246 g/mol. The molecule has 0 atom stereocenters. The predicted molar refractivity (Wildman–Crippen MR) is 73.9 cm³/mol. The maximum Gasteiger partial charge on any atom is 0.0620 e. The minimum absolute atomic E-state index is 0.145. The number of benzene rings is 1. The summed E-state index contributed by atoms with van der Waals surface area (Å²) in [7, 11) is 0.